The van der Waals surface area contributed by atoms with Crippen LogP contribution in [0.4, 0.5) is 0 Å². The van der Waals surface area contributed by atoms with Gasteiger partial charge in [0, 0.05) is 25.7 Å². The second-order valence-electron chi connectivity index (χ2n) is 5.41. The predicted molar refractivity (Wildman–Crippen MR) is 73.4 cm³/mol. The molecule has 0 amide bonds. The van der Waals surface area contributed by atoms with E-state index in [-0.39, 0.29) is 0 Å². The van der Waals surface area contributed by atoms with Gasteiger partial charge in [-0.3, -0.25) is 0 Å². The van der Waals surface area contributed by atoms with Gasteiger partial charge in [-0.1, -0.05) is 13.3 Å². The van der Waals surface area contributed by atoms with Gasteiger partial charge in [0.15, 0.2) is 0 Å². The van der Waals surface area contributed by atoms with Crippen molar-refractivity contribution in [1.29, 1.82) is 0 Å². The molecule has 0 aromatic rings. The molecule has 0 bridgehead atoms. The highest BCUT2D eigenvalue weighted by molar-refractivity contribution is 4.78. The molecule has 3 heteroatoms. The fourth-order valence-electron chi connectivity index (χ4n) is 2.30. The third-order valence-corrected chi connectivity index (χ3v) is 3.55. The summed E-state index contributed by atoms with van der Waals surface area (Å²) in [4.78, 5) is 2.57. The van der Waals surface area contributed by atoms with Gasteiger partial charge in [0.1, 0.15) is 0 Å². The maximum absolute atomic E-state index is 5.53. The van der Waals surface area contributed by atoms with Crippen LogP contribution in [0.15, 0.2) is 0 Å². The van der Waals surface area contributed by atoms with Gasteiger partial charge in [-0.2, -0.15) is 0 Å². The lowest BCUT2D eigenvalue weighted by Gasteiger charge is -2.20. The maximum Gasteiger partial charge on any atom is 0.0590 e. The fourth-order valence-corrected chi connectivity index (χ4v) is 2.30. The predicted octanol–water partition coefficient (Wildman–Crippen LogP) is 2.12. The molecule has 0 aromatic heterocycles. The zero-order valence-electron chi connectivity index (χ0n) is 11.9. The Morgan fingerprint density at radius 2 is 2.18 bits per heavy atom. The standard InChI is InChI=1S/C14H30N2O/c1-4-5-9-17-10-7-15-11-14-6-8-16(12-14)13(2)3/h13-15H,4-12H2,1-3H3. The number of nitrogens with one attached hydrogen (secondary N) is 1. The van der Waals surface area contributed by atoms with Gasteiger partial charge in [0.05, 0.1) is 6.61 Å². The van der Waals surface area contributed by atoms with E-state index in [9.17, 15) is 0 Å². The third-order valence-electron chi connectivity index (χ3n) is 3.55. The highest BCUT2D eigenvalue weighted by Crippen LogP contribution is 2.17. The number of nitrogens with zero attached hydrogens (tertiary/aromatic N) is 1. The Bertz CT molecular complexity index is 185. The van der Waals surface area contributed by atoms with Crippen LogP contribution in [-0.4, -0.2) is 50.3 Å². The Labute approximate surface area is 107 Å². The smallest absolute Gasteiger partial charge is 0.0590 e. The Morgan fingerprint density at radius 1 is 1.35 bits per heavy atom. The summed E-state index contributed by atoms with van der Waals surface area (Å²) in [6.45, 7) is 13.3. The zero-order valence-corrected chi connectivity index (χ0v) is 11.9. The van der Waals surface area contributed by atoms with E-state index < -0.39 is 0 Å². The van der Waals surface area contributed by atoms with E-state index in [1.165, 1.54) is 32.4 Å². The Hall–Kier alpha value is -0.120. The lowest BCUT2D eigenvalue weighted by Crippen LogP contribution is -2.31. The number of hydrogen-bond donors (Lipinski definition) is 1. The van der Waals surface area contributed by atoms with Crippen LogP contribution < -0.4 is 5.32 Å². The zero-order chi connectivity index (χ0) is 12.5. The molecule has 0 spiro atoms. The summed E-state index contributed by atoms with van der Waals surface area (Å²) in [7, 11) is 0. The van der Waals surface area contributed by atoms with Gasteiger partial charge in [-0.15, -0.1) is 0 Å². The van der Waals surface area contributed by atoms with Crippen molar-refractivity contribution < 1.29 is 4.74 Å². The van der Waals surface area contributed by atoms with Crippen LogP contribution in [-0.2, 0) is 4.74 Å². The average Bonchev–Trinajstić information content (AvgIpc) is 2.77. The third kappa shape index (κ3) is 6.39. The lowest BCUT2D eigenvalue weighted by atomic mass is 10.1. The first kappa shape index (κ1) is 14.9. The molecule has 1 heterocycles. The van der Waals surface area contributed by atoms with Crippen molar-refractivity contribution in [3.8, 4) is 0 Å². The molecular weight excluding hydrogens is 212 g/mol. The first-order valence-electron chi connectivity index (χ1n) is 7.26. The van der Waals surface area contributed by atoms with Crippen LogP contribution in [0.2, 0.25) is 0 Å². The number of ether oxygens (including phenoxy) is 1. The summed E-state index contributed by atoms with van der Waals surface area (Å²) < 4.78 is 5.53. The first-order valence-corrected chi connectivity index (χ1v) is 7.26. The van der Waals surface area contributed by atoms with Gasteiger partial charge >= 0.3 is 0 Å². The van der Waals surface area contributed by atoms with E-state index in [0.717, 1.165) is 32.2 Å². The van der Waals surface area contributed by atoms with E-state index in [1.54, 1.807) is 0 Å². The van der Waals surface area contributed by atoms with Crippen LogP contribution in [0.25, 0.3) is 0 Å². The quantitative estimate of drug-likeness (QED) is 0.627. The van der Waals surface area contributed by atoms with Gasteiger partial charge in [0.2, 0.25) is 0 Å². The minimum absolute atomic E-state index is 0.706. The van der Waals surface area contributed by atoms with E-state index in [1.807, 2.05) is 0 Å². The highest BCUT2D eigenvalue weighted by atomic mass is 16.5. The van der Waals surface area contributed by atoms with Crippen molar-refractivity contribution in [2.24, 2.45) is 5.92 Å². The maximum atomic E-state index is 5.53. The topological polar surface area (TPSA) is 24.5 Å². The number of likely N-dealkylation sites (tertiary alicyclic amines) is 1. The molecule has 0 radical (unpaired) electrons. The van der Waals surface area contributed by atoms with Crippen molar-refractivity contribution >= 4 is 0 Å². The molecule has 1 atom stereocenters. The lowest BCUT2D eigenvalue weighted by molar-refractivity contribution is 0.132. The largest absolute Gasteiger partial charge is 0.380 e. The molecule has 1 N–H and O–H groups in total. The molecule has 1 fully saturated rings. The van der Waals surface area contributed by atoms with Crippen LogP contribution >= 0.6 is 0 Å². The molecule has 1 rings (SSSR count). The number of unbranched alkanes of at least 4 members (excludes halogenated alkanes) is 1. The second kappa shape index (κ2) is 8.90. The second-order valence-corrected chi connectivity index (χ2v) is 5.41. The van der Waals surface area contributed by atoms with E-state index >= 15 is 0 Å². The number of rotatable bonds is 9. The molecule has 1 aliphatic heterocycles. The Balaban J connectivity index is 1.90. The molecule has 102 valence electrons. The van der Waals surface area contributed by atoms with E-state index in [2.05, 4.69) is 31.0 Å². The monoisotopic (exact) mass is 242 g/mol. The Morgan fingerprint density at radius 3 is 2.82 bits per heavy atom. The van der Waals surface area contributed by atoms with Crippen molar-refractivity contribution in [2.75, 3.05) is 39.4 Å². The van der Waals surface area contributed by atoms with Crippen molar-refractivity contribution in [3.05, 3.63) is 0 Å². The normalized spacial score (nSPS) is 21.5. The summed E-state index contributed by atoms with van der Waals surface area (Å²) in [5.41, 5.74) is 0. The summed E-state index contributed by atoms with van der Waals surface area (Å²) in [5.74, 6) is 0.841. The fraction of sp³-hybridized carbons (Fsp3) is 1.00. The summed E-state index contributed by atoms with van der Waals surface area (Å²) in [6, 6.07) is 0.706. The van der Waals surface area contributed by atoms with Crippen LogP contribution in [0.3, 0.4) is 0 Å². The molecule has 0 saturated carbocycles. The minimum Gasteiger partial charge on any atom is -0.380 e. The molecule has 1 aliphatic rings. The van der Waals surface area contributed by atoms with Crippen molar-refractivity contribution in [2.45, 2.75) is 46.1 Å². The summed E-state index contributed by atoms with van der Waals surface area (Å²) in [6.07, 6.45) is 3.76. The Kier molecular flexibility index (Phi) is 7.82. The van der Waals surface area contributed by atoms with Crippen LogP contribution in [0.5, 0.6) is 0 Å². The van der Waals surface area contributed by atoms with Gasteiger partial charge < -0.3 is 15.0 Å². The SMILES string of the molecule is CCCCOCCNCC1CCN(C(C)C)C1. The molecular formula is C14H30N2O. The molecule has 17 heavy (non-hydrogen) atoms. The van der Waals surface area contributed by atoms with Crippen molar-refractivity contribution in [1.82, 2.24) is 10.2 Å². The minimum atomic E-state index is 0.706. The van der Waals surface area contributed by atoms with Gasteiger partial charge in [-0.05, 0) is 45.7 Å². The van der Waals surface area contributed by atoms with Crippen molar-refractivity contribution in [3.63, 3.8) is 0 Å². The summed E-state index contributed by atoms with van der Waals surface area (Å²) in [5, 5.41) is 3.51. The highest BCUT2D eigenvalue weighted by Gasteiger charge is 2.23. The van der Waals surface area contributed by atoms with E-state index in [0.29, 0.717) is 6.04 Å². The summed E-state index contributed by atoms with van der Waals surface area (Å²) >= 11 is 0. The van der Waals surface area contributed by atoms with Crippen LogP contribution in [0.1, 0.15) is 40.0 Å². The first-order chi connectivity index (χ1) is 8.24. The van der Waals surface area contributed by atoms with Crippen LogP contribution in [0, 0.1) is 5.92 Å². The molecule has 0 aliphatic carbocycles. The molecule has 0 aromatic carbocycles. The molecule has 1 saturated heterocycles. The molecule has 3 nitrogen and oxygen atoms in total. The van der Waals surface area contributed by atoms with Gasteiger partial charge in [-0.25, -0.2) is 0 Å². The average molecular weight is 242 g/mol. The molecule has 1 unspecified atom stereocenters. The number of hydrogen-bond acceptors (Lipinski definition) is 3. The van der Waals surface area contributed by atoms with Gasteiger partial charge in [0.25, 0.3) is 0 Å². The van der Waals surface area contributed by atoms with E-state index in [4.69, 9.17) is 4.74 Å².